The molecule has 170 valence electrons. The number of amidine groups is 1. The molecule has 1 unspecified atom stereocenters. The summed E-state index contributed by atoms with van der Waals surface area (Å²) in [5.41, 5.74) is 1.49. The van der Waals surface area contributed by atoms with E-state index in [4.69, 9.17) is 26.7 Å². The molecule has 1 aromatic rings. The maximum atomic E-state index is 14.0. The van der Waals surface area contributed by atoms with Gasteiger partial charge in [-0.2, -0.15) is 0 Å². The van der Waals surface area contributed by atoms with Crippen molar-refractivity contribution in [3.8, 4) is 0 Å². The summed E-state index contributed by atoms with van der Waals surface area (Å²) in [5, 5.41) is 3.53. The number of piperazine rings is 1. The van der Waals surface area contributed by atoms with Gasteiger partial charge < -0.3 is 19.7 Å². The topological polar surface area (TPSA) is 61.7 Å². The van der Waals surface area contributed by atoms with Gasteiger partial charge in [0.25, 0.3) is 0 Å². The van der Waals surface area contributed by atoms with Gasteiger partial charge in [-0.15, -0.1) is 0 Å². The SMILES string of the molecule is COC1=CC2=NC(=S)NC(=NCCCN3CCN(c4ccccc4F)CC3)C2C=C1OC. The number of fused-ring (bicyclic) bond motifs is 1. The van der Waals surface area contributed by atoms with Crippen LogP contribution in [0.2, 0.25) is 0 Å². The number of nitrogens with one attached hydrogen (secondary N) is 1. The van der Waals surface area contributed by atoms with Crippen LogP contribution in [0.3, 0.4) is 0 Å². The quantitative estimate of drug-likeness (QED) is 0.502. The monoisotopic (exact) mass is 457 g/mol. The minimum atomic E-state index is -0.154. The molecule has 1 N–H and O–H groups in total. The van der Waals surface area contributed by atoms with Gasteiger partial charge in [-0.3, -0.25) is 9.89 Å². The fourth-order valence-electron chi connectivity index (χ4n) is 4.15. The third kappa shape index (κ3) is 4.99. The second kappa shape index (κ2) is 10.2. The summed E-state index contributed by atoms with van der Waals surface area (Å²) < 4.78 is 24.8. The van der Waals surface area contributed by atoms with Crippen molar-refractivity contribution in [3.05, 3.63) is 53.8 Å². The molecular formula is C23H28FN5O2S. The van der Waals surface area contributed by atoms with Crippen molar-refractivity contribution in [3.63, 3.8) is 0 Å². The number of anilines is 1. The van der Waals surface area contributed by atoms with Gasteiger partial charge in [0.2, 0.25) is 0 Å². The van der Waals surface area contributed by atoms with Crippen LogP contribution in [0.4, 0.5) is 10.1 Å². The van der Waals surface area contributed by atoms with Gasteiger partial charge >= 0.3 is 0 Å². The van der Waals surface area contributed by atoms with Crippen LogP contribution in [0, 0.1) is 11.7 Å². The maximum absolute atomic E-state index is 14.0. The summed E-state index contributed by atoms with van der Waals surface area (Å²) in [6.07, 6.45) is 4.73. The van der Waals surface area contributed by atoms with Crippen molar-refractivity contribution in [2.75, 3.05) is 58.4 Å². The Hall–Kier alpha value is -2.78. The van der Waals surface area contributed by atoms with E-state index in [1.165, 1.54) is 6.07 Å². The Balaban J connectivity index is 1.30. The number of aliphatic imine (C=N–C) groups is 2. The molecule has 1 fully saturated rings. The first-order valence-electron chi connectivity index (χ1n) is 10.8. The zero-order chi connectivity index (χ0) is 22.5. The van der Waals surface area contributed by atoms with E-state index in [2.05, 4.69) is 20.1 Å². The molecule has 4 rings (SSSR count). The van der Waals surface area contributed by atoms with E-state index in [0.29, 0.717) is 28.9 Å². The number of hydrogen-bond donors (Lipinski definition) is 1. The fourth-order valence-corrected chi connectivity index (χ4v) is 4.36. The van der Waals surface area contributed by atoms with Crippen LogP contribution < -0.4 is 10.2 Å². The van der Waals surface area contributed by atoms with Crippen LogP contribution in [0.15, 0.2) is 57.9 Å². The van der Waals surface area contributed by atoms with E-state index in [9.17, 15) is 4.39 Å². The molecular weight excluding hydrogens is 429 g/mol. The molecule has 0 saturated carbocycles. The van der Waals surface area contributed by atoms with E-state index in [-0.39, 0.29) is 11.7 Å². The second-order valence-corrected chi connectivity index (χ2v) is 8.18. The predicted octanol–water partition coefficient (Wildman–Crippen LogP) is 2.76. The Bertz CT molecular complexity index is 982. The van der Waals surface area contributed by atoms with Gasteiger partial charge in [0.05, 0.1) is 31.5 Å². The maximum Gasteiger partial charge on any atom is 0.198 e. The number of ether oxygens (including phenoxy) is 2. The molecule has 1 saturated heterocycles. The highest BCUT2D eigenvalue weighted by atomic mass is 32.1. The molecule has 1 aliphatic carbocycles. The number of para-hydroxylation sites is 1. The third-order valence-corrected chi connectivity index (χ3v) is 6.03. The average molecular weight is 458 g/mol. The Morgan fingerprint density at radius 1 is 1.16 bits per heavy atom. The lowest BCUT2D eigenvalue weighted by molar-refractivity contribution is 0.218. The lowest BCUT2D eigenvalue weighted by Gasteiger charge is -2.36. The van der Waals surface area contributed by atoms with Gasteiger partial charge in [-0.25, -0.2) is 9.38 Å². The number of rotatable bonds is 7. The van der Waals surface area contributed by atoms with Crippen molar-refractivity contribution in [2.24, 2.45) is 15.9 Å². The van der Waals surface area contributed by atoms with Crippen molar-refractivity contribution >= 4 is 34.6 Å². The molecule has 32 heavy (non-hydrogen) atoms. The first-order chi connectivity index (χ1) is 15.6. The molecule has 0 amide bonds. The van der Waals surface area contributed by atoms with E-state index < -0.39 is 0 Å². The highest BCUT2D eigenvalue weighted by molar-refractivity contribution is 7.80. The summed E-state index contributed by atoms with van der Waals surface area (Å²) in [4.78, 5) is 13.7. The zero-order valence-corrected chi connectivity index (χ0v) is 19.2. The van der Waals surface area contributed by atoms with Gasteiger partial charge in [0, 0.05) is 45.3 Å². The first kappa shape index (κ1) is 22.4. The lowest BCUT2D eigenvalue weighted by Crippen LogP contribution is -2.47. The molecule has 0 spiro atoms. The van der Waals surface area contributed by atoms with Crippen LogP contribution in [-0.2, 0) is 9.47 Å². The van der Waals surface area contributed by atoms with Crippen molar-refractivity contribution in [1.82, 2.24) is 10.2 Å². The smallest absolute Gasteiger partial charge is 0.198 e. The molecule has 0 bridgehead atoms. The predicted molar refractivity (Wildman–Crippen MR) is 129 cm³/mol. The highest BCUT2D eigenvalue weighted by Crippen LogP contribution is 2.25. The van der Waals surface area contributed by atoms with Crippen molar-refractivity contribution in [2.45, 2.75) is 6.42 Å². The second-order valence-electron chi connectivity index (χ2n) is 7.79. The summed E-state index contributed by atoms with van der Waals surface area (Å²) in [6.45, 7) is 5.11. The summed E-state index contributed by atoms with van der Waals surface area (Å²) in [7, 11) is 3.22. The molecule has 2 aliphatic heterocycles. The number of benzene rings is 1. The van der Waals surface area contributed by atoms with Crippen LogP contribution in [-0.4, -0.2) is 75.0 Å². The molecule has 9 heteroatoms. The summed E-state index contributed by atoms with van der Waals surface area (Å²) in [6, 6.07) is 6.98. The van der Waals surface area contributed by atoms with Gasteiger partial charge in [-0.1, -0.05) is 12.1 Å². The third-order valence-electron chi connectivity index (χ3n) is 5.84. The largest absolute Gasteiger partial charge is 0.493 e. The molecule has 0 radical (unpaired) electrons. The fraction of sp³-hybridized carbons (Fsp3) is 0.435. The first-order valence-corrected chi connectivity index (χ1v) is 11.2. The Morgan fingerprint density at radius 3 is 2.62 bits per heavy atom. The number of methoxy groups -OCH3 is 2. The van der Waals surface area contributed by atoms with Crippen LogP contribution >= 0.6 is 12.2 Å². The van der Waals surface area contributed by atoms with Crippen LogP contribution in [0.1, 0.15) is 6.42 Å². The normalized spacial score (nSPS) is 22.5. The van der Waals surface area contributed by atoms with Crippen LogP contribution in [0.5, 0.6) is 0 Å². The molecule has 0 aromatic heterocycles. The highest BCUT2D eigenvalue weighted by Gasteiger charge is 2.30. The Labute approximate surface area is 193 Å². The summed E-state index contributed by atoms with van der Waals surface area (Å²) in [5.74, 6) is 1.79. The number of nitrogens with zero attached hydrogens (tertiary/aromatic N) is 4. The zero-order valence-electron chi connectivity index (χ0n) is 18.4. The average Bonchev–Trinajstić information content (AvgIpc) is 2.81. The minimum absolute atomic E-state index is 0.125. The van der Waals surface area contributed by atoms with E-state index in [0.717, 1.165) is 50.7 Å². The van der Waals surface area contributed by atoms with Gasteiger partial charge in [0.15, 0.2) is 16.6 Å². The van der Waals surface area contributed by atoms with Gasteiger partial charge in [-0.05, 0) is 36.8 Å². The Kier molecular flexibility index (Phi) is 7.16. The number of allylic oxidation sites excluding steroid dienone is 1. The number of halogens is 1. The van der Waals surface area contributed by atoms with E-state index in [1.54, 1.807) is 20.3 Å². The number of thiocarbonyl (C=S) groups is 1. The standard InChI is InChI=1S/C23H28FN5O2S/c1-30-20-14-16-18(15-21(20)31-2)26-23(32)27-22(16)25-8-5-9-28-10-12-29(13-11-28)19-7-4-3-6-17(19)24/h3-4,6-7,14-16H,5,8-13H2,1-2H3,(H,25,27,32). The minimum Gasteiger partial charge on any atom is -0.493 e. The van der Waals surface area contributed by atoms with Crippen LogP contribution in [0.25, 0.3) is 0 Å². The molecule has 2 heterocycles. The molecule has 1 atom stereocenters. The van der Waals surface area contributed by atoms with Crippen molar-refractivity contribution in [1.29, 1.82) is 0 Å². The van der Waals surface area contributed by atoms with Crippen molar-refractivity contribution < 1.29 is 13.9 Å². The molecule has 3 aliphatic rings. The summed E-state index contributed by atoms with van der Waals surface area (Å²) >= 11 is 5.28. The Morgan fingerprint density at radius 2 is 1.91 bits per heavy atom. The molecule has 7 nitrogen and oxygen atoms in total. The van der Waals surface area contributed by atoms with E-state index in [1.807, 2.05) is 24.3 Å². The van der Waals surface area contributed by atoms with Gasteiger partial charge in [0.1, 0.15) is 11.7 Å². The lowest BCUT2D eigenvalue weighted by atomic mass is 9.94. The number of hydrogen-bond acceptors (Lipinski definition) is 6. The van der Waals surface area contributed by atoms with E-state index >= 15 is 0 Å². The molecule has 1 aromatic carbocycles.